The van der Waals surface area contributed by atoms with Crippen molar-refractivity contribution < 1.29 is 12.9 Å². The van der Waals surface area contributed by atoms with Crippen LogP contribution in [0, 0.1) is 6.92 Å². The van der Waals surface area contributed by atoms with Gasteiger partial charge in [-0.3, -0.25) is 0 Å². The van der Waals surface area contributed by atoms with Crippen LogP contribution >= 0.6 is 0 Å². The normalized spacial score (nSPS) is 16.2. The van der Waals surface area contributed by atoms with Crippen LogP contribution in [0.1, 0.15) is 22.5 Å². The molecule has 0 N–H and O–H groups in total. The molecule has 3 rings (SSSR count). The van der Waals surface area contributed by atoms with Gasteiger partial charge in [0.2, 0.25) is 10.0 Å². The first-order chi connectivity index (χ1) is 10.0. The summed E-state index contributed by atoms with van der Waals surface area (Å²) in [5, 5.41) is 4.97. The van der Waals surface area contributed by atoms with Gasteiger partial charge >= 0.3 is 0 Å². The van der Waals surface area contributed by atoms with Gasteiger partial charge in [0.05, 0.1) is 6.20 Å². The first kappa shape index (κ1) is 14.0. The highest BCUT2D eigenvalue weighted by molar-refractivity contribution is 7.92. The quantitative estimate of drug-likeness (QED) is 0.873. The molecule has 1 aromatic heterocycles. The summed E-state index contributed by atoms with van der Waals surface area (Å²) >= 11 is 0. The largest absolute Gasteiger partial charge is 0.361 e. The lowest BCUT2D eigenvalue weighted by molar-refractivity contribution is 0.333. The third kappa shape index (κ3) is 3.06. The number of nitrogens with zero attached hydrogens (tertiary/aromatic N) is 2. The van der Waals surface area contributed by atoms with Crippen molar-refractivity contribution in [3.05, 3.63) is 58.3 Å². The molecule has 0 amide bonds. The second kappa shape index (κ2) is 5.46. The lowest BCUT2D eigenvalue weighted by Gasteiger charge is -2.23. The predicted molar refractivity (Wildman–Crippen MR) is 79.7 cm³/mol. The molecule has 0 atom stereocenters. The summed E-state index contributed by atoms with van der Waals surface area (Å²) in [6.07, 6.45) is 3.77. The van der Waals surface area contributed by atoms with Crippen LogP contribution < -0.4 is 0 Å². The van der Waals surface area contributed by atoms with Gasteiger partial charge in [-0.2, -0.15) is 4.31 Å². The van der Waals surface area contributed by atoms with E-state index < -0.39 is 10.0 Å². The number of rotatable bonds is 3. The van der Waals surface area contributed by atoms with E-state index in [-0.39, 0.29) is 0 Å². The van der Waals surface area contributed by atoms with Crippen LogP contribution in [0.3, 0.4) is 0 Å². The molecule has 0 bridgehead atoms. The Labute approximate surface area is 123 Å². The van der Waals surface area contributed by atoms with E-state index >= 15 is 0 Å². The Morgan fingerprint density at radius 2 is 2.05 bits per heavy atom. The van der Waals surface area contributed by atoms with E-state index in [9.17, 15) is 8.42 Å². The molecule has 6 heteroatoms. The molecule has 0 spiro atoms. The van der Waals surface area contributed by atoms with Gasteiger partial charge in [-0.15, -0.1) is 0 Å². The maximum absolute atomic E-state index is 12.3. The maximum atomic E-state index is 12.3. The van der Waals surface area contributed by atoms with Crippen LogP contribution in [0.4, 0.5) is 0 Å². The molecule has 0 saturated carbocycles. The molecule has 2 aromatic rings. The van der Waals surface area contributed by atoms with Crippen LogP contribution in [0.2, 0.25) is 0 Å². The molecule has 0 aliphatic carbocycles. The lowest BCUT2D eigenvalue weighted by atomic mass is 10.1. The van der Waals surface area contributed by atoms with Gasteiger partial charge in [0.15, 0.2) is 0 Å². The zero-order valence-electron chi connectivity index (χ0n) is 11.7. The summed E-state index contributed by atoms with van der Waals surface area (Å²) < 4.78 is 31.2. The van der Waals surface area contributed by atoms with Crippen molar-refractivity contribution in [1.82, 2.24) is 9.46 Å². The molecule has 1 aromatic carbocycles. The Bertz CT molecular complexity index is 760. The molecule has 0 radical (unpaired) electrons. The summed E-state index contributed by atoms with van der Waals surface area (Å²) in [4.78, 5) is 0. The standard InChI is InChI=1S/C15H16N2O3S/c1-12-2-4-13(5-3-12)7-9-21(18,19)17-8-6-15-14(11-17)10-16-20-15/h2-5,7,9-10H,6,8,11H2,1H3. The fourth-order valence-electron chi connectivity index (χ4n) is 2.26. The third-order valence-electron chi connectivity index (χ3n) is 3.53. The second-order valence-electron chi connectivity index (χ2n) is 5.12. The highest BCUT2D eigenvalue weighted by Crippen LogP contribution is 2.21. The first-order valence-electron chi connectivity index (χ1n) is 6.72. The van der Waals surface area contributed by atoms with E-state index in [2.05, 4.69) is 5.16 Å². The van der Waals surface area contributed by atoms with E-state index in [1.807, 2.05) is 31.2 Å². The Balaban J connectivity index is 1.77. The number of benzene rings is 1. The lowest BCUT2D eigenvalue weighted by Crippen LogP contribution is -2.34. The summed E-state index contributed by atoms with van der Waals surface area (Å²) in [6, 6.07) is 7.71. The second-order valence-corrected chi connectivity index (χ2v) is 6.93. The highest BCUT2D eigenvalue weighted by Gasteiger charge is 2.26. The first-order valence-corrected chi connectivity index (χ1v) is 8.22. The van der Waals surface area contributed by atoms with Crippen LogP contribution in [-0.2, 0) is 23.0 Å². The minimum atomic E-state index is -3.43. The fraction of sp³-hybridized carbons (Fsp3) is 0.267. The average molecular weight is 304 g/mol. The molecular weight excluding hydrogens is 288 g/mol. The van der Waals surface area contributed by atoms with E-state index in [1.54, 1.807) is 12.3 Å². The Kier molecular flexibility index (Phi) is 3.65. The van der Waals surface area contributed by atoms with Gasteiger partial charge < -0.3 is 4.52 Å². The maximum Gasteiger partial charge on any atom is 0.236 e. The predicted octanol–water partition coefficient (Wildman–Crippen LogP) is 2.34. The Morgan fingerprint density at radius 1 is 1.29 bits per heavy atom. The third-order valence-corrected chi connectivity index (χ3v) is 5.05. The molecule has 2 heterocycles. The van der Waals surface area contributed by atoms with Crippen molar-refractivity contribution in [3.8, 4) is 0 Å². The number of hydrogen-bond acceptors (Lipinski definition) is 4. The molecule has 1 aliphatic rings. The molecular formula is C15H16N2O3S. The van der Waals surface area contributed by atoms with Crippen molar-refractivity contribution >= 4 is 16.1 Å². The monoisotopic (exact) mass is 304 g/mol. The molecule has 0 saturated heterocycles. The highest BCUT2D eigenvalue weighted by atomic mass is 32.2. The van der Waals surface area contributed by atoms with E-state index in [0.29, 0.717) is 19.5 Å². The van der Waals surface area contributed by atoms with Crippen molar-refractivity contribution in [2.45, 2.75) is 19.9 Å². The summed E-state index contributed by atoms with van der Waals surface area (Å²) in [5.74, 6) is 0.781. The Morgan fingerprint density at radius 3 is 2.81 bits per heavy atom. The van der Waals surface area contributed by atoms with Crippen LogP contribution in [0.15, 0.2) is 40.4 Å². The van der Waals surface area contributed by atoms with Crippen LogP contribution in [-0.4, -0.2) is 24.4 Å². The van der Waals surface area contributed by atoms with Gasteiger partial charge in [0, 0.05) is 30.5 Å². The van der Waals surface area contributed by atoms with Gasteiger partial charge in [-0.05, 0) is 18.6 Å². The molecule has 0 fully saturated rings. The Hall–Kier alpha value is -1.92. The van der Waals surface area contributed by atoms with Crippen molar-refractivity contribution in [3.63, 3.8) is 0 Å². The SMILES string of the molecule is Cc1ccc(C=CS(=O)(=O)N2CCc3oncc3C2)cc1. The van der Waals surface area contributed by atoms with Crippen molar-refractivity contribution in [2.75, 3.05) is 6.54 Å². The van der Waals surface area contributed by atoms with Gasteiger partial charge in [-0.25, -0.2) is 8.42 Å². The molecule has 21 heavy (non-hydrogen) atoms. The summed E-state index contributed by atoms with van der Waals surface area (Å²) in [5.41, 5.74) is 2.85. The number of aryl methyl sites for hydroxylation is 1. The van der Waals surface area contributed by atoms with Crippen molar-refractivity contribution in [1.29, 1.82) is 0 Å². The van der Waals surface area contributed by atoms with Crippen LogP contribution in [0.5, 0.6) is 0 Å². The zero-order valence-corrected chi connectivity index (χ0v) is 12.5. The number of sulfonamides is 1. The smallest absolute Gasteiger partial charge is 0.236 e. The topological polar surface area (TPSA) is 63.4 Å². The molecule has 110 valence electrons. The number of fused-ring (bicyclic) bond motifs is 1. The minimum Gasteiger partial charge on any atom is -0.361 e. The number of aromatic nitrogens is 1. The van der Waals surface area contributed by atoms with E-state index in [1.165, 1.54) is 9.71 Å². The number of hydrogen-bond donors (Lipinski definition) is 0. The average Bonchev–Trinajstić information content (AvgIpc) is 2.94. The van der Waals surface area contributed by atoms with E-state index in [0.717, 1.165) is 22.5 Å². The van der Waals surface area contributed by atoms with Gasteiger partial charge in [0.25, 0.3) is 0 Å². The minimum absolute atomic E-state index is 0.319. The fourth-order valence-corrected chi connectivity index (χ4v) is 3.43. The molecule has 1 aliphatic heterocycles. The van der Waals surface area contributed by atoms with Crippen LogP contribution in [0.25, 0.3) is 6.08 Å². The molecule has 0 unspecified atom stereocenters. The van der Waals surface area contributed by atoms with Crippen molar-refractivity contribution in [2.24, 2.45) is 0 Å². The van der Waals surface area contributed by atoms with E-state index in [4.69, 9.17) is 4.52 Å². The van der Waals surface area contributed by atoms with Gasteiger partial charge in [-0.1, -0.05) is 35.0 Å². The zero-order chi connectivity index (χ0) is 14.9. The summed E-state index contributed by atoms with van der Waals surface area (Å²) in [7, 11) is -3.43. The van der Waals surface area contributed by atoms with Gasteiger partial charge in [0.1, 0.15) is 5.76 Å². The summed E-state index contributed by atoms with van der Waals surface area (Å²) in [6.45, 7) is 2.73. The molecule has 5 nitrogen and oxygen atoms in total.